The van der Waals surface area contributed by atoms with E-state index < -0.39 is 16.9 Å². The number of hydrogen-bond acceptors (Lipinski definition) is 3. The fourth-order valence-corrected chi connectivity index (χ4v) is 5.89. The highest BCUT2D eigenvalue weighted by atomic mass is 35.5. The molecule has 0 radical (unpaired) electrons. The summed E-state index contributed by atoms with van der Waals surface area (Å²) in [6.45, 7) is 1.94. The summed E-state index contributed by atoms with van der Waals surface area (Å²) in [7, 11) is 0. The van der Waals surface area contributed by atoms with Crippen LogP contribution in [0.5, 0.6) is 0 Å². The van der Waals surface area contributed by atoms with Crippen LogP contribution in [0, 0.1) is 0 Å². The maximum atomic E-state index is 14.1. The average Bonchev–Trinajstić information content (AvgIpc) is 2.98. The minimum Gasteiger partial charge on any atom is -0.317 e. The van der Waals surface area contributed by atoms with E-state index in [1.54, 1.807) is 18.2 Å². The van der Waals surface area contributed by atoms with Gasteiger partial charge in [0.2, 0.25) is 0 Å². The van der Waals surface area contributed by atoms with Crippen LogP contribution >= 0.6 is 11.6 Å². The van der Waals surface area contributed by atoms with Gasteiger partial charge in [0.1, 0.15) is 5.82 Å². The predicted octanol–water partition coefficient (Wildman–Crippen LogP) is 4.53. The molecular formula is C23H20ClF2N3O. The third-order valence-corrected chi connectivity index (χ3v) is 7.30. The van der Waals surface area contributed by atoms with Crippen molar-refractivity contribution in [3.05, 3.63) is 68.7 Å². The first-order chi connectivity index (χ1) is 14.4. The van der Waals surface area contributed by atoms with Gasteiger partial charge in [-0.2, -0.15) is 4.98 Å². The van der Waals surface area contributed by atoms with E-state index >= 15 is 0 Å². The van der Waals surface area contributed by atoms with Crippen molar-refractivity contribution in [3.8, 4) is 5.69 Å². The zero-order valence-corrected chi connectivity index (χ0v) is 17.0. The molecule has 30 heavy (non-hydrogen) atoms. The Kier molecular flexibility index (Phi) is 3.76. The smallest absolute Gasteiger partial charge is 0.280 e. The van der Waals surface area contributed by atoms with Crippen LogP contribution in [-0.2, 0) is 5.41 Å². The average molecular weight is 428 g/mol. The second-order valence-electron chi connectivity index (χ2n) is 8.80. The molecule has 2 fully saturated rings. The first-order valence-corrected chi connectivity index (χ1v) is 10.7. The van der Waals surface area contributed by atoms with Gasteiger partial charge in [-0.05, 0) is 61.2 Å². The van der Waals surface area contributed by atoms with Crippen LogP contribution < -0.4 is 10.9 Å². The number of hydrogen-bond donors (Lipinski definition) is 1. The molecule has 0 unspecified atom stereocenters. The maximum Gasteiger partial charge on any atom is 0.280 e. The Labute approximate surface area is 176 Å². The molecule has 154 valence electrons. The lowest BCUT2D eigenvalue weighted by molar-refractivity contribution is -0.114. The summed E-state index contributed by atoms with van der Waals surface area (Å²) in [4.78, 5) is 17.1. The summed E-state index contributed by atoms with van der Waals surface area (Å²) in [5.41, 5.74) is 2.07. The third kappa shape index (κ3) is 2.41. The predicted molar refractivity (Wildman–Crippen MR) is 112 cm³/mol. The van der Waals surface area contributed by atoms with Gasteiger partial charge in [0, 0.05) is 12.8 Å². The van der Waals surface area contributed by atoms with E-state index in [0.717, 1.165) is 37.2 Å². The van der Waals surface area contributed by atoms with E-state index in [4.69, 9.17) is 11.6 Å². The van der Waals surface area contributed by atoms with Gasteiger partial charge in [0.05, 0.1) is 27.0 Å². The van der Waals surface area contributed by atoms with Crippen molar-refractivity contribution in [1.29, 1.82) is 0 Å². The largest absolute Gasteiger partial charge is 0.317 e. The van der Waals surface area contributed by atoms with Crippen molar-refractivity contribution in [2.24, 2.45) is 0 Å². The summed E-state index contributed by atoms with van der Waals surface area (Å²) in [5, 5.41) is 4.22. The number of benzene rings is 2. The van der Waals surface area contributed by atoms with E-state index in [2.05, 4.69) is 22.4 Å². The van der Waals surface area contributed by atoms with Gasteiger partial charge in [0.15, 0.2) is 0 Å². The number of nitrogens with zero attached hydrogens (tertiary/aromatic N) is 2. The van der Waals surface area contributed by atoms with Crippen molar-refractivity contribution in [1.82, 2.24) is 14.9 Å². The molecule has 1 saturated heterocycles. The first-order valence-electron chi connectivity index (χ1n) is 10.3. The Morgan fingerprint density at radius 2 is 1.90 bits per heavy atom. The monoisotopic (exact) mass is 427 g/mol. The van der Waals surface area contributed by atoms with Gasteiger partial charge < -0.3 is 5.32 Å². The third-order valence-electron chi connectivity index (χ3n) is 7.00. The zero-order chi connectivity index (χ0) is 20.7. The van der Waals surface area contributed by atoms with Crippen LogP contribution in [0.4, 0.5) is 8.78 Å². The highest BCUT2D eigenvalue weighted by molar-refractivity contribution is 6.35. The Hall–Kier alpha value is -2.31. The summed E-state index contributed by atoms with van der Waals surface area (Å²) >= 11 is 6.53. The zero-order valence-electron chi connectivity index (χ0n) is 16.2. The molecule has 6 rings (SSSR count). The number of fused-ring (bicyclic) bond motifs is 7. The number of alkyl halides is 2. The molecule has 1 aromatic heterocycles. The highest BCUT2D eigenvalue weighted by Gasteiger charge is 2.63. The minimum absolute atomic E-state index is 0.331. The lowest BCUT2D eigenvalue weighted by atomic mass is 9.62. The molecule has 3 heterocycles. The fraction of sp³-hybridized carbons (Fsp3) is 0.391. The van der Waals surface area contributed by atoms with E-state index in [1.165, 1.54) is 5.56 Å². The second-order valence-corrected chi connectivity index (χ2v) is 9.21. The van der Waals surface area contributed by atoms with E-state index in [9.17, 15) is 13.6 Å². The van der Waals surface area contributed by atoms with E-state index in [-0.39, 0.29) is 12.8 Å². The second kappa shape index (κ2) is 6.11. The van der Waals surface area contributed by atoms with Gasteiger partial charge in [-0.15, -0.1) is 0 Å². The van der Waals surface area contributed by atoms with Crippen LogP contribution in [0.1, 0.15) is 48.6 Å². The van der Waals surface area contributed by atoms with Crippen molar-refractivity contribution in [2.45, 2.75) is 42.9 Å². The molecular weight excluding hydrogens is 408 g/mol. The van der Waals surface area contributed by atoms with Crippen LogP contribution in [0.15, 0.2) is 41.2 Å². The molecule has 1 N–H and O–H groups in total. The fourth-order valence-electron chi connectivity index (χ4n) is 5.63. The number of rotatable bonds is 1. The molecule has 2 aliphatic heterocycles. The lowest BCUT2D eigenvalue weighted by Gasteiger charge is -2.44. The molecule has 3 aliphatic rings. The summed E-state index contributed by atoms with van der Waals surface area (Å²) in [6, 6.07) is 11.3. The maximum absolute atomic E-state index is 14.1. The van der Waals surface area contributed by atoms with Crippen molar-refractivity contribution >= 4 is 22.5 Å². The van der Waals surface area contributed by atoms with Gasteiger partial charge in [-0.3, -0.25) is 9.36 Å². The topological polar surface area (TPSA) is 46.9 Å². The molecule has 0 bridgehead atoms. The van der Waals surface area contributed by atoms with Crippen LogP contribution in [0.2, 0.25) is 5.02 Å². The van der Waals surface area contributed by atoms with Crippen LogP contribution in [0.3, 0.4) is 0 Å². The normalized spacial score (nSPS) is 21.4. The minimum atomic E-state index is -2.76. The highest BCUT2D eigenvalue weighted by Crippen LogP contribution is 2.61. The molecule has 3 aromatic rings. The Bertz CT molecular complexity index is 1260. The summed E-state index contributed by atoms with van der Waals surface area (Å²) in [6.07, 6.45) is 1.42. The van der Waals surface area contributed by atoms with E-state index in [1.807, 2.05) is 10.6 Å². The molecule has 1 aliphatic carbocycles. The lowest BCUT2D eigenvalue weighted by Crippen LogP contribution is -2.50. The summed E-state index contributed by atoms with van der Waals surface area (Å²) in [5.74, 6) is -1.93. The molecule has 2 aromatic carbocycles. The summed E-state index contributed by atoms with van der Waals surface area (Å²) < 4.78 is 30.1. The molecule has 7 heteroatoms. The quantitative estimate of drug-likeness (QED) is 0.620. The number of halogens is 3. The van der Waals surface area contributed by atoms with Gasteiger partial charge in [-0.25, -0.2) is 8.78 Å². The Morgan fingerprint density at radius 1 is 1.13 bits per heavy atom. The SMILES string of the molecule is O=c1nc2n(c3c(Cl)cccc13)-c1cc(C3CCNCC3)ccc1C21CC(F)(F)C1. The number of piperidine rings is 1. The Balaban J connectivity index is 1.65. The van der Waals surface area contributed by atoms with Crippen LogP contribution in [-0.4, -0.2) is 28.6 Å². The molecule has 0 atom stereocenters. The van der Waals surface area contributed by atoms with Crippen molar-refractivity contribution in [2.75, 3.05) is 13.1 Å². The Morgan fingerprint density at radius 3 is 2.63 bits per heavy atom. The number of para-hydroxylation sites is 1. The van der Waals surface area contributed by atoms with Gasteiger partial charge >= 0.3 is 0 Å². The number of nitrogens with one attached hydrogen (secondary N) is 1. The first kappa shape index (κ1) is 18.5. The molecule has 0 amide bonds. The van der Waals surface area contributed by atoms with Crippen LogP contribution in [0.25, 0.3) is 16.6 Å². The molecule has 1 spiro atoms. The molecule has 4 nitrogen and oxygen atoms in total. The van der Waals surface area contributed by atoms with Gasteiger partial charge in [0.25, 0.3) is 11.5 Å². The van der Waals surface area contributed by atoms with Crippen molar-refractivity contribution in [3.63, 3.8) is 0 Å². The van der Waals surface area contributed by atoms with E-state index in [0.29, 0.717) is 27.7 Å². The molecule has 1 saturated carbocycles. The van der Waals surface area contributed by atoms with Gasteiger partial charge in [-0.1, -0.05) is 29.8 Å². The van der Waals surface area contributed by atoms with Crippen molar-refractivity contribution < 1.29 is 8.78 Å². The standard InChI is InChI=1S/C23H20ClF2N3O/c24-17-3-1-2-15-19(17)29-18-10-14(13-6-8-27-9-7-13)4-5-16(18)22(11-23(25,26)12-22)21(29)28-20(15)30/h1-5,10,13,27H,6-9,11-12H2. The number of aromatic nitrogens is 2.